The van der Waals surface area contributed by atoms with E-state index >= 15 is 0 Å². The summed E-state index contributed by atoms with van der Waals surface area (Å²) in [6, 6.07) is 5.49. The molecule has 2 aromatic heterocycles. The first-order valence-corrected chi connectivity index (χ1v) is 4.52. The lowest BCUT2D eigenvalue weighted by Gasteiger charge is -2.04. The molecule has 15 heavy (non-hydrogen) atoms. The van der Waals surface area contributed by atoms with Gasteiger partial charge in [0.1, 0.15) is 0 Å². The number of anilines is 1. The number of nitrogens with zero attached hydrogens (tertiary/aromatic N) is 2. The van der Waals surface area contributed by atoms with E-state index in [-0.39, 0.29) is 0 Å². The molecule has 0 aliphatic heterocycles. The Hall–Kier alpha value is -2.04. The Morgan fingerprint density at radius 2 is 2.33 bits per heavy atom. The summed E-state index contributed by atoms with van der Waals surface area (Å²) >= 11 is 0. The maximum Gasteiger partial charge on any atom is 0.214 e. The zero-order valence-corrected chi connectivity index (χ0v) is 8.30. The Bertz CT molecular complexity index is 414. The van der Waals surface area contributed by atoms with Crippen molar-refractivity contribution >= 4 is 5.69 Å². The Balaban J connectivity index is 1.98. The predicted molar refractivity (Wildman–Crippen MR) is 54.6 cm³/mol. The molecule has 0 saturated carbocycles. The van der Waals surface area contributed by atoms with Gasteiger partial charge in [-0.2, -0.15) is 0 Å². The summed E-state index contributed by atoms with van der Waals surface area (Å²) in [6.45, 7) is 0.590. The molecule has 2 rings (SSSR count). The summed E-state index contributed by atoms with van der Waals surface area (Å²) in [6.07, 6.45) is 3.30. The van der Waals surface area contributed by atoms with Crippen LogP contribution in [0.15, 0.2) is 35.1 Å². The molecule has 0 aliphatic rings. The summed E-state index contributed by atoms with van der Waals surface area (Å²) in [7, 11) is 1.59. The van der Waals surface area contributed by atoms with Gasteiger partial charge < -0.3 is 14.6 Å². The fraction of sp³-hybridized carbons (Fsp3) is 0.200. The van der Waals surface area contributed by atoms with Crippen molar-refractivity contribution in [3.8, 4) is 5.88 Å². The van der Waals surface area contributed by atoms with Crippen LogP contribution in [0.1, 0.15) is 5.76 Å². The van der Waals surface area contributed by atoms with Crippen molar-refractivity contribution < 1.29 is 9.26 Å². The SMILES string of the molecule is COc1cc(NCc2ccno2)ccn1. The van der Waals surface area contributed by atoms with Crippen LogP contribution in [0.25, 0.3) is 0 Å². The van der Waals surface area contributed by atoms with E-state index in [1.165, 1.54) is 0 Å². The van der Waals surface area contributed by atoms with Crippen LogP contribution in [-0.2, 0) is 6.54 Å². The predicted octanol–water partition coefficient (Wildman–Crippen LogP) is 1.69. The first-order chi connectivity index (χ1) is 7.38. The number of pyridine rings is 1. The molecule has 0 spiro atoms. The molecule has 0 unspecified atom stereocenters. The van der Waals surface area contributed by atoms with Crippen LogP contribution in [0, 0.1) is 0 Å². The lowest BCUT2D eigenvalue weighted by Crippen LogP contribution is -1.98. The Morgan fingerprint density at radius 3 is 3.07 bits per heavy atom. The largest absolute Gasteiger partial charge is 0.481 e. The lowest BCUT2D eigenvalue weighted by atomic mass is 10.3. The van der Waals surface area contributed by atoms with Gasteiger partial charge in [0.25, 0.3) is 0 Å². The average molecular weight is 205 g/mol. The molecule has 0 aromatic carbocycles. The molecule has 2 aromatic rings. The minimum Gasteiger partial charge on any atom is -0.481 e. The van der Waals surface area contributed by atoms with E-state index in [2.05, 4.69) is 15.5 Å². The van der Waals surface area contributed by atoms with E-state index in [1.54, 1.807) is 19.5 Å². The number of hydrogen-bond donors (Lipinski definition) is 1. The third kappa shape index (κ3) is 2.46. The molecule has 0 fully saturated rings. The van der Waals surface area contributed by atoms with E-state index in [1.807, 2.05) is 18.2 Å². The van der Waals surface area contributed by atoms with Crippen molar-refractivity contribution in [1.82, 2.24) is 10.1 Å². The molecule has 0 amide bonds. The van der Waals surface area contributed by atoms with Gasteiger partial charge in [0.05, 0.1) is 19.9 Å². The smallest absolute Gasteiger partial charge is 0.214 e. The fourth-order valence-corrected chi connectivity index (χ4v) is 1.15. The number of methoxy groups -OCH3 is 1. The van der Waals surface area contributed by atoms with Crippen LogP contribution in [-0.4, -0.2) is 17.3 Å². The van der Waals surface area contributed by atoms with Crippen molar-refractivity contribution in [2.45, 2.75) is 6.54 Å². The zero-order valence-electron chi connectivity index (χ0n) is 8.30. The van der Waals surface area contributed by atoms with Crippen molar-refractivity contribution in [3.63, 3.8) is 0 Å². The van der Waals surface area contributed by atoms with Crippen LogP contribution in [0.3, 0.4) is 0 Å². The van der Waals surface area contributed by atoms with Gasteiger partial charge in [-0.15, -0.1) is 0 Å². The molecular formula is C10H11N3O2. The molecule has 0 atom stereocenters. The van der Waals surface area contributed by atoms with Gasteiger partial charge in [-0.1, -0.05) is 5.16 Å². The second-order valence-corrected chi connectivity index (χ2v) is 2.92. The maximum atomic E-state index is 5.00. The highest BCUT2D eigenvalue weighted by Crippen LogP contribution is 2.14. The van der Waals surface area contributed by atoms with Crippen LogP contribution in [0.2, 0.25) is 0 Å². The summed E-state index contributed by atoms with van der Waals surface area (Å²) in [5.74, 6) is 1.36. The molecule has 2 heterocycles. The van der Waals surface area contributed by atoms with Crippen LogP contribution in [0.5, 0.6) is 5.88 Å². The Kier molecular flexibility index (Phi) is 2.82. The normalized spacial score (nSPS) is 9.93. The van der Waals surface area contributed by atoms with Crippen molar-refractivity contribution in [3.05, 3.63) is 36.4 Å². The molecule has 1 N–H and O–H groups in total. The van der Waals surface area contributed by atoms with E-state index in [9.17, 15) is 0 Å². The van der Waals surface area contributed by atoms with E-state index < -0.39 is 0 Å². The first kappa shape index (κ1) is 9.51. The minimum absolute atomic E-state index is 0.581. The fourth-order valence-electron chi connectivity index (χ4n) is 1.15. The number of nitrogens with one attached hydrogen (secondary N) is 1. The number of hydrogen-bond acceptors (Lipinski definition) is 5. The molecule has 0 aliphatic carbocycles. The van der Waals surface area contributed by atoms with Gasteiger partial charge in [-0.25, -0.2) is 4.98 Å². The summed E-state index contributed by atoms with van der Waals surface area (Å²) in [5, 5.41) is 6.78. The number of aromatic nitrogens is 2. The highest BCUT2D eigenvalue weighted by molar-refractivity contribution is 5.44. The molecule has 0 bridgehead atoms. The number of rotatable bonds is 4. The summed E-state index contributed by atoms with van der Waals surface area (Å²) < 4.78 is 9.96. The highest BCUT2D eigenvalue weighted by atomic mass is 16.5. The van der Waals surface area contributed by atoms with Crippen molar-refractivity contribution in [2.75, 3.05) is 12.4 Å². The lowest BCUT2D eigenvalue weighted by molar-refractivity contribution is 0.387. The Morgan fingerprint density at radius 1 is 1.40 bits per heavy atom. The zero-order chi connectivity index (χ0) is 10.5. The molecular weight excluding hydrogens is 194 g/mol. The third-order valence-electron chi connectivity index (χ3n) is 1.90. The van der Waals surface area contributed by atoms with Crippen LogP contribution < -0.4 is 10.1 Å². The van der Waals surface area contributed by atoms with Crippen molar-refractivity contribution in [2.24, 2.45) is 0 Å². The first-order valence-electron chi connectivity index (χ1n) is 4.52. The topological polar surface area (TPSA) is 60.2 Å². The maximum absolute atomic E-state index is 5.00. The third-order valence-corrected chi connectivity index (χ3v) is 1.90. The second kappa shape index (κ2) is 4.45. The Labute approximate surface area is 87.1 Å². The van der Waals surface area contributed by atoms with Gasteiger partial charge >= 0.3 is 0 Å². The molecule has 5 nitrogen and oxygen atoms in total. The molecule has 5 heteroatoms. The minimum atomic E-state index is 0.581. The average Bonchev–Trinajstić information content (AvgIpc) is 2.79. The standard InChI is InChI=1S/C10H11N3O2/c1-14-10-6-8(2-4-11-10)12-7-9-3-5-13-15-9/h2-6H,7H2,1H3,(H,11,12). The van der Waals surface area contributed by atoms with Crippen LogP contribution >= 0.6 is 0 Å². The molecule has 78 valence electrons. The second-order valence-electron chi connectivity index (χ2n) is 2.92. The van der Waals surface area contributed by atoms with Crippen molar-refractivity contribution in [1.29, 1.82) is 0 Å². The van der Waals surface area contributed by atoms with E-state index in [0.717, 1.165) is 11.4 Å². The van der Waals surface area contributed by atoms with E-state index in [4.69, 9.17) is 9.26 Å². The monoisotopic (exact) mass is 205 g/mol. The van der Waals surface area contributed by atoms with Gasteiger partial charge in [0, 0.05) is 24.0 Å². The quantitative estimate of drug-likeness (QED) is 0.823. The van der Waals surface area contributed by atoms with Gasteiger partial charge in [0.15, 0.2) is 5.76 Å². The molecule has 0 saturated heterocycles. The summed E-state index contributed by atoms with van der Waals surface area (Å²) in [4.78, 5) is 4.00. The highest BCUT2D eigenvalue weighted by Gasteiger charge is 1.98. The van der Waals surface area contributed by atoms with Gasteiger partial charge in [0.2, 0.25) is 5.88 Å². The van der Waals surface area contributed by atoms with E-state index in [0.29, 0.717) is 12.4 Å². The molecule has 0 radical (unpaired) electrons. The van der Waals surface area contributed by atoms with Gasteiger partial charge in [-0.05, 0) is 6.07 Å². The number of ether oxygens (including phenoxy) is 1. The van der Waals surface area contributed by atoms with Gasteiger partial charge in [-0.3, -0.25) is 0 Å². The van der Waals surface area contributed by atoms with Crippen LogP contribution in [0.4, 0.5) is 5.69 Å². The summed E-state index contributed by atoms with van der Waals surface area (Å²) in [5.41, 5.74) is 0.929.